The molecule has 0 radical (unpaired) electrons. The van der Waals surface area contributed by atoms with Gasteiger partial charge in [-0.3, -0.25) is 0 Å². The van der Waals surface area contributed by atoms with Gasteiger partial charge in [0.1, 0.15) is 5.41 Å². The van der Waals surface area contributed by atoms with Crippen molar-refractivity contribution in [1.29, 1.82) is 0 Å². The summed E-state index contributed by atoms with van der Waals surface area (Å²) in [5.74, 6) is -0.678. The summed E-state index contributed by atoms with van der Waals surface area (Å²) in [5.41, 5.74) is 0.294. The lowest BCUT2D eigenvalue weighted by atomic mass is 10.3. The highest BCUT2D eigenvalue weighted by Crippen LogP contribution is 2.12. The van der Waals surface area contributed by atoms with E-state index in [0.717, 1.165) is 22.7 Å². The molecule has 0 aliphatic rings. The second kappa shape index (κ2) is 14.7. The van der Waals surface area contributed by atoms with E-state index < -0.39 is 13.7 Å². The molecule has 0 aromatic carbocycles. The van der Waals surface area contributed by atoms with E-state index in [0.29, 0.717) is 24.2 Å². The van der Waals surface area contributed by atoms with Crippen molar-refractivity contribution in [2.24, 2.45) is 0 Å². The Morgan fingerprint density at radius 1 is 0.929 bits per heavy atom. The Labute approximate surface area is 174 Å². The van der Waals surface area contributed by atoms with Gasteiger partial charge in [-0.1, -0.05) is 13.2 Å². The second-order valence-electron chi connectivity index (χ2n) is 7.19. The van der Waals surface area contributed by atoms with Crippen LogP contribution in [0.15, 0.2) is 24.3 Å². The van der Waals surface area contributed by atoms with Gasteiger partial charge >= 0.3 is 11.9 Å². The normalized spacial score (nSPS) is 11.2. The minimum absolute atomic E-state index is 0.289. The molecule has 9 heteroatoms. The first-order valence-corrected chi connectivity index (χ1v) is 13.3. The number of carbonyl (C=O) groups excluding carboxylic acids is 2. The molecular formula is C19H38O7Si2. The molecule has 164 valence electrons. The third-order valence-electron chi connectivity index (χ3n) is 4.06. The van der Waals surface area contributed by atoms with Crippen LogP contribution in [0.2, 0.25) is 19.1 Å². The SMILES string of the molecule is C=C(C)C(=O)OCCC([SiH3])(OC)OC.C=C(C)C(=O)OCCC[Si](C)(C)OC. The lowest BCUT2D eigenvalue weighted by Crippen LogP contribution is -2.35. The van der Waals surface area contributed by atoms with Crippen LogP contribution >= 0.6 is 0 Å². The molecule has 0 fully saturated rings. The molecule has 0 saturated heterocycles. The highest BCUT2D eigenvalue weighted by atomic mass is 28.4. The smallest absolute Gasteiger partial charge is 0.333 e. The van der Waals surface area contributed by atoms with Gasteiger partial charge in [0.25, 0.3) is 0 Å². The molecule has 0 heterocycles. The minimum Gasteiger partial charge on any atom is -0.462 e. The van der Waals surface area contributed by atoms with E-state index in [1.165, 1.54) is 0 Å². The van der Waals surface area contributed by atoms with E-state index in [1.807, 2.05) is 0 Å². The number of hydrogen-bond acceptors (Lipinski definition) is 7. The molecule has 0 unspecified atom stereocenters. The van der Waals surface area contributed by atoms with Gasteiger partial charge in [-0.15, -0.1) is 0 Å². The maximum absolute atomic E-state index is 11.0. The Bertz CT molecular complexity index is 514. The zero-order chi connectivity index (χ0) is 22.4. The first-order valence-electron chi connectivity index (χ1n) is 9.15. The van der Waals surface area contributed by atoms with Crippen LogP contribution in [0, 0.1) is 0 Å². The second-order valence-corrected chi connectivity index (χ2v) is 13.1. The largest absolute Gasteiger partial charge is 0.462 e. The summed E-state index contributed by atoms with van der Waals surface area (Å²) in [7, 11) is 4.13. The molecule has 28 heavy (non-hydrogen) atoms. The number of methoxy groups -OCH3 is 2. The highest BCUT2D eigenvalue weighted by molar-refractivity contribution is 6.71. The topological polar surface area (TPSA) is 80.3 Å². The molecule has 0 aromatic heterocycles. The molecule has 0 bridgehead atoms. The van der Waals surface area contributed by atoms with E-state index in [9.17, 15) is 9.59 Å². The zero-order valence-corrected chi connectivity index (χ0v) is 21.8. The summed E-state index contributed by atoms with van der Waals surface area (Å²) in [5, 5.41) is 0. The molecule has 0 N–H and O–H groups in total. The predicted molar refractivity (Wildman–Crippen MR) is 117 cm³/mol. The standard InChI is InChI=1S/C10H20O3Si.C9H18O4Si/c1-9(2)10(11)13-7-6-8-14(4,5)12-3;1-7(2)8(10)13-6-5-9(14,11-3)12-4/h1,6-8H2,2-5H3;1,5-6H2,2-4,14H3. The van der Waals surface area contributed by atoms with Crippen molar-refractivity contribution >= 4 is 30.5 Å². The van der Waals surface area contributed by atoms with Crippen molar-refractivity contribution in [3.8, 4) is 0 Å². The lowest BCUT2D eigenvalue weighted by Gasteiger charge is -2.26. The van der Waals surface area contributed by atoms with Crippen LogP contribution in [0.25, 0.3) is 0 Å². The average Bonchev–Trinajstić information content (AvgIpc) is 2.65. The Balaban J connectivity index is 0. The van der Waals surface area contributed by atoms with Crippen molar-refractivity contribution in [2.75, 3.05) is 34.5 Å². The van der Waals surface area contributed by atoms with Crippen LogP contribution in [0.3, 0.4) is 0 Å². The van der Waals surface area contributed by atoms with Crippen LogP contribution in [0.4, 0.5) is 0 Å². The third-order valence-corrected chi connectivity index (χ3v) is 8.04. The molecule has 0 amide bonds. The number of esters is 2. The molecule has 0 saturated carbocycles. The summed E-state index contributed by atoms with van der Waals surface area (Å²) < 4.78 is 25.6. The van der Waals surface area contributed by atoms with Crippen LogP contribution in [-0.2, 0) is 33.0 Å². The van der Waals surface area contributed by atoms with E-state index in [1.54, 1.807) is 35.2 Å². The Morgan fingerprint density at radius 3 is 1.71 bits per heavy atom. The summed E-state index contributed by atoms with van der Waals surface area (Å²) in [6, 6.07) is 1.01. The maximum Gasteiger partial charge on any atom is 0.333 e. The molecule has 7 nitrogen and oxygen atoms in total. The Kier molecular flexibility index (Phi) is 15.2. The first kappa shape index (κ1) is 28.9. The summed E-state index contributed by atoms with van der Waals surface area (Å²) in [6.45, 7) is 15.3. The van der Waals surface area contributed by atoms with E-state index in [4.69, 9.17) is 23.4 Å². The van der Waals surface area contributed by atoms with E-state index in [-0.39, 0.29) is 18.5 Å². The molecule has 0 aliphatic heterocycles. The van der Waals surface area contributed by atoms with Gasteiger partial charge in [0.2, 0.25) is 0 Å². The Morgan fingerprint density at radius 2 is 1.36 bits per heavy atom. The third kappa shape index (κ3) is 14.7. The minimum atomic E-state index is -1.49. The maximum atomic E-state index is 11.0. The van der Waals surface area contributed by atoms with Crippen molar-refractivity contribution in [3.63, 3.8) is 0 Å². The van der Waals surface area contributed by atoms with Gasteiger partial charge in [-0.25, -0.2) is 9.59 Å². The van der Waals surface area contributed by atoms with Crippen molar-refractivity contribution in [2.45, 2.75) is 51.2 Å². The number of rotatable bonds is 12. The van der Waals surface area contributed by atoms with Crippen LogP contribution in [-0.4, -0.2) is 70.5 Å². The van der Waals surface area contributed by atoms with Crippen LogP contribution in [0.5, 0.6) is 0 Å². The van der Waals surface area contributed by atoms with Crippen molar-refractivity contribution in [3.05, 3.63) is 24.3 Å². The molecule has 0 aromatic rings. The van der Waals surface area contributed by atoms with Gasteiger partial charge < -0.3 is 23.4 Å². The van der Waals surface area contributed by atoms with E-state index in [2.05, 4.69) is 26.3 Å². The molecule has 0 aliphatic carbocycles. The number of carbonyl (C=O) groups is 2. The molecule has 0 atom stereocenters. The fourth-order valence-corrected chi connectivity index (χ4v) is 3.03. The average molecular weight is 435 g/mol. The van der Waals surface area contributed by atoms with Crippen LogP contribution in [0.1, 0.15) is 26.7 Å². The molecule has 0 rings (SSSR count). The van der Waals surface area contributed by atoms with Gasteiger partial charge in [-0.05, 0) is 39.4 Å². The number of ether oxygens (including phenoxy) is 4. The van der Waals surface area contributed by atoms with Gasteiger partial charge in [0.15, 0.2) is 8.32 Å². The van der Waals surface area contributed by atoms with Gasteiger partial charge in [0, 0.05) is 38.9 Å². The monoisotopic (exact) mass is 434 g/mol. The van der Waals surface area contributed by atoms with Crippen molar-refractivity contribution in [1.82, 2.24) is 0 Å². The highest BCUT2D eigenvalue weighted by Gasteiger charge is 2.22. The quantitative estimate of drug-likeness (QED) is 0.153. The summed E-state index contributed by atoms with van der Waals surface area (Å²) >= 11 is 0. The molecular weight excluding hydrogens is 396 g/mol. The fourth-order valence-electron chi connectivity index (χ4n) is 1.63. The predicted octanol–water partition coefficient (Wildman–Crippen LogP) is 2.16. The lowest BCUT2D eigenvalue weighted by molar-refractivity contribution is -0.160. The first-order chi connectivity index (χ1) is 12.8. The Hall–Kier alpha value is -1.27. The van der Waals surface area contributed by atoms with Crippen LogP contribution < -0.4 is 0 Å². The summed E-state index contributed by atoms with van der Waals surface area (Å²) in [6.07, 6.45) is 1.41. The van der Waals surface area contributed by atoms with Crippen molar-refractivity contribution < 1.29 is 33.0 Å². The van der Waals surface area contributed by atoms with Gasteiger partial charge in [0.05, 0.1) is 23.5 Å². The summed E-state index contributed by atoms with van der Waals surface area (Å²) in [4.78, 5) is 22.0. The fraction of sp³-hybridized carbons (Fsp3) is 0.684. The zero-order valence-electron chi connectivity index (χ0n) is 18.8. The molecule has 0 spiro atoms. The van der Waals surface area contributed by atoms with E-state index >= 15 is 0 Å². The van der Waals surface area contributed by atoms with Gasteiger partial charge in [-0.2, -0.15) is 0 Å². The number of hydrogen-bond donors (Lipinski definition) is 0.